The third-order valence-electron chi connectivity index (χ3n) is 5.45. The van der Waals surface area contributed by atoms with Gasteiger partial charge >= 0.3 is 0 Å². The number of rotatable bonds is 5. The van der Waals surface area contributed by atoms with Crippen LogP contribution in [0.4, 0.5) is 11.4 Å². The molecule has 3 aromatic carbocycles. The van der Waals surface area contributed by atoms with Crippen molar-refractivity contribution in [3.63, 3.8) is 0 Å². The van der Waals surface area contributed by atoms with Crippen LogP contribution in [0.25, 0.3) is 0 Å². The van der Waals surface area contributed by atoms with Gasteiger partial charge in [0.1, 0.15) is 0 Å². The number of hydrogen-bond acceptors (Lipinski definition) is 3. The van der Waals surface area contributed by atoms with Crippen LogP contribution in [0.3, 0.4) is 0 Å². The SMILES string of the molecule is CCN(c1ccc(C(=O)N2c3ccccc3CC2C)cc1)S(=O)(=O)c1ccccc1. The van der Waals surface area contributed by atoms with Crippen LogP contribution in [0.2, 0.25) is 0 Å². The van der Waals surface area contributed by atoms with Gasteiger partial charge in [-0.2, -0.15) is 0 Å². The lowest BCUT2D eigenvalue weighted by atomic mass is 10.1. The molecule has 30 heavy (non-hydrogen) atoms. The van der Waals surface area contributed by atoms with Crippen molar-refractivity contribution in [2.75, 3.05) is 15.7 Å². The lowest BCUT2D eigenvalue weighted by Gasteiger charge is -2.25. The second-order valence-corrected chi connectivity index (χ2v) is 9.25. The van der Waals surface area contributed by atoms with Gasteiger partial charge in [0.2, 0.25) is 0 Å². The van der Waals surface area contributed by atoms with E-state index in [0.29, 0.717) is 17.8 Å². The van der Waals surface area contributed by atoms with Crippen molar-refractivity contribution in [2.45, 2.75) is 31.2 Å². The standard InChI is InChI=1S/C24H24N2O3S/c1-3-25(30(28,29)22-10-5-4-6-11-22)21-15-13-19(14-16-21)24(27)26-18(2)17-20-9-7-8-12-23(20)26/h4-16,18H,3,17H2,1-2H3. The average molecular weight is 421 g/mol. The lowest BCUT2D eigenvalue weighted by Crippen LogP contribution is -2.35. The first-order valence-corrected chi connectivity index (χ1v) is 11.5. The molecule has 0 aliphatic carbocycles. The lowest BCUT2D eigenvalue weighted by molar-refractivity contribution is 0.0981. The zero-order valence-corrected chi connectivity index (χ0v) is 17.8. The molecule has 3 aromatic rings. The molecule has 6 heteroatoms. The molecule has 4 rings (SSSR count). The smallest absolute Gasteiger partial charge is 0.264 e. The fourth-order valence-electron chi connectivity index (χ4n) is 4.00. The number of para-hydroxylation sites is 1. The molecule has 0 N–H and O–H groups in total. The molecule has 1 heterocycles. The number of nitrogens with zero attached hydrogens (tertiary/aromatic N) is 2. The Bertz CT molecular complexity index is 1160. The van der Waals surface area contributed by atoms with E-state index >= 15 is 0 Å². The van der Waals surface area contributed by atoms with Crippen LogP contribution >= 0.6 is 0 Å². The highest BCUT2D eigenvalue weighted by molar-refractivity contribution is 7.92. The Labute approximate surface area is 177 Å². The highest BCUT2D eigenvalue weighted by atomic mass is 32.2. The van der Waals surface area contributed by atoms with Crippen LogP contribution < -0.4 is 9.21 Å². The van der Waals surface area contributed by atoms with Gasteiger partial charge in [-0.25, -0.2) is 8.42 Å². The fourth-order valence-corrected chi connectivity index (χ4v) is 5.49. The second-order valence-electron chi connectivity index (χ2n) is 7.39. The molecule has 0 fully saturated rings. The number of carbonyl (C=O) groups excluding carboxylic acids is 1. The maximum atomic E-state index is 13.2. The topological polar surface area (TPSA) is 57.7 Å². The summed E-state index contributed by atoms with van der Waals surface area (Å²) in [5, 5.41) is 0. The Balaban J connectivity index is 1.62. The number of fused-ring (bicyclic) bond motifs is 1. The molecule has 0 saturated carbocycles. The Kier molecular flexibility index (Phi) is 5.35. The number of amides is 1. The van der Waals surface area contributed by atoms with Gasteiger partial charge in [0.15, 0.2) is 0 Å². The number of carbonyl (C=O) groups is 1. The molecule has 0 spiro atoms. The van der Waals surface area contributed by atoms with Crippen molar-refractivity contribution in [3.05, 3.63) is 90.0 Å². The van der Waals surface area contributed by atoms with Crippen molar-refractivity contribution in [1.29, 1.82) is 0 Å². The molecule has 1 atom stereocenters. The molecule has 1 unspecified atom stereocenters. The molecule has 0 bridgehead atoms. The van der Waals surface area contributed by atoms with Crippen molar-refractivity contribution < 1.29 is 13.2 Å². The van der Waals surface area contributed by atoms with Crippen LogP contribution in [0.15, 0.2) is 83.8 Å². The van der Waals surface area contributed by atoms with Crippen LogP contribution in [0, 0.1) is 0 Å². The molecule has 0 aromatic heterocycles. The van der Waals surface area contributed by atoms with E-state index in [0.717, 1.165) is 12.1 Å². The average Bonchev–Trinajstić information content (AvgIpc) is 3.10. The van der Waals surface area contributed by atoms with Gasteiger partial charge < -0.3 is 4.90 Å². The van der Waals surface area contributed by atoms with Gasteiger partial charge in [0.25, 0.3) is 15.9 Å². The van der Waals surface area contributed by atoms with Gasteiger partial charge in [-0.05, 0) is 68.3 Å². The van der Waals surface area contributed by atoms with Crippen molar-refractivity contribution in [3.8, 4) is 0 Å². The maximum Gasteiger partial charge on any atom is 0.264 e. The summed E-state index contributed by atoms with van der Waals surface area (Å²) < 4.78 is 27.4. The van der Waals surface area contributed by atoms with Gasteiger partial charge in [-0.1, -0.05) is 36.4 Å². The van der Waals surface area contributed by atoms with Gasteiger partial charge in [-0.3, -0.25) is 9.10 Å². The summed E-state index contributed by atoms with van der Waals surface area (Å²) in [7, 11) is -3.66. The molecule has 0 radical (unpaired) electrons. The first-order chi connectivity index (χ1) is 14.4. The van der Waals surface area contributed by atoms with E-state index in [-0.39, 0.29) is 16.8 Å². The summed E-state index contributed by atoms with van der Waals surface area (Å²) in [5.41, 5.74) is 3.19. The zero-order valence-electron chi connectivity index (χ0n) is 17.0. The van der Waals surface area contributed by atoms with Gasteiger partial charge in [-0.15, -0.1) is 0 Å². The molecule has 0 saturated heterocycles. The first-order valence-electron chi connectivity index (χ1n) is 10.0. The third-order valence-corrected chi connectivity index (χ3v) is 7.36. The Hall–Kier alpha value is -3.12. The predicted molar refractivity (Wildman–Crippen MR) is 120 cm³/mol. The number of benzene rings is 3. The zero-order chi connectivity index (χ0) is 21.3. The van der Waals surface area contributed by atoms with E-state index in [9.17, 15) is 13.2 Å². The molecule has 1 aliphatic heterocycles. The number of hydrogen-bond donors (Lipinski definition) is 0. The van der Waals surface area contributed by atoms with Crippen molar-refractivity contribution >= 4 is 27.3 Å². The van der Waals surface area contributed by atoms with Crippen molar-refractivity contribution in [2.24, 2.45) is 0 Å². The minimum absolute atomic E-state index is 0.0760. The van der Waals surface area contributed by atoms with E-state index in [2.05, 4.69) is 6.07 Å². The maximum absolute atomic E-state index is 13.2. The van der Waals surface area contributed by atoms with E-state index in [1.165, 1.54) is 9.87 Å². The summed E-state index contributed by atoms with van der Waals surface area (Å²) in [6.07, 6.45) is 0.832. The van der Waals surface area contributed by atoms with E-state index in [1.54, 1.807) is 61.5 Å². The summed E-state index contributed by atoms with van der Waals surface area (Å²) in [6.45, 7) is 4.13. The Morgan fingerprint density at radius 2 is 1.60 bits per heavy atom. The second kappa shape index (κ2) is 7.95. The third kappa shape index (κ3) is 3.48. The monoisotopic (exact) mass is 420 g/mol. The molecule has 154 valence electrons. The quantitative estimate of drug-likeness (QED) is 0.611. The minimum Gasteiger partial charge on any atom is -0.305 e. The van der Waals surface area contributed by atoms with Gasteiger partial charge in [0, 0.05) is 23.8 Å². The summed E-state index contributed by atoms with van der Waals surface area (Å²) >= 11 is 0. The number of sulfonamides is 1. The molecular formula is C24H24N2O3S. The minimum atomic E-state index is -3.66. The fraction of sp³-hybridized carbons (Fsp3) is 0.208. The Morgan fingerprint density at radius 1 is 0.967 bits per heavy atom. The largest absolute Gasteiger partial charge is 0.305 e. The summed E-state index contributed by atoms with van der Waals surface area (Å²) in [5.74, 6) is -0.0760. The molecule has 5 nitrogen and oxygen atoms in total. The van der Waals surface area contributed by atoms with Crippen LogP contribution in [-0.2, 0) is 16.4 Å². The van der Waals surface area contributed by atoms with Crippen molar-refractivity contribution in [1.82, 2.24) is 0 Å². The van der Waals surface area contributed by atoms with E-state index < -0.39 is 10.0 Å². The molecular weight excluding hydrogens is 396 g/mol. The predicted octanol–water partition coefficient (Wildman–Crippen LogP) is 4.49. The first kappa shape index (κ1) is 20.2. The summed E-state index contributed by atoms with van der Waals surface area (Å²) in [6, 6.07) is 23.2. The van der Waals surface area contributed by atoms with E-state index in [4.69, 9.17) is 0 Å². The number of anilines is 2. The highest BCUT2D eigenvalue weighted by Crippen LogP contribution is 2.33. The van der Waals surface area contributed by atoms with E-state index in [1.807, 2.05) is 30.0 Å². The Morgan fingerprint density at radius 3 is 2.27 bits per heavy atom. The van der Waals surface area contributed by atoms with Crippen LogP contribution in [0.5, 0.6) is 0 Å². The highest BCUT2D eigenvalue weighted by Gasteiger charge is 2.31. The van der Waals surface area contributed by atoms with Crippen LogP contribution in [0.1, 0.15) is 29.8 Å². The van der Waals surface area contributed by atoms with Crippen LogP contribution in [-0.4, -0.2) is 26.9 Å². The normalized spacial score (nSPS) is 15.7. The molecule has 1 amide bonds. The summed E-state index contributed by atoms with van der Waals surface area (Å²) in [4.78, 5) is 15.3. The van der Waals surface area contributed by atoms with Gasteiger partial charge in [0.05, 0.1) is 10.6 Å². The molecule has 1 aliphatic rings.